The fourth-order valence-electron chi connectivity index (χ4n) is 2.47. The molecular formula is C20H23NO5. The van der Waals surface area contributed by atoms with Crippen LogP contribution in [0, 0.1) is 6.92 Å². The van der Waals surface area contributed by atoms with Crippen LogP contribution in [0.15, 0.2) is 42.5 Å². The zero-order valence-corrected chi connectivity index (χ0v) is 15.0. The molecule has 6 nitrogen and oxygen atoms in total. The smallest absolute Gasteiger partial charge is 0.341 e. The SMILES string of the molecule is COc1cc(CC(=O)NCCc2ccc(OCC(=O)O)cc2)ccc1C. The monoisotopic (exact) mass is 357 g/mol. The summed E-state index contributed by atoms with van der Waals surface area (Å²) in [6.45, 7) is 2.12. The first kappa shape index (κ1) is 19.3. The number of carboxylic acids is 1. The number of benzene rings is 2. The van der Waals surface area contributed by atoms with E-state index in [1.807, 2.05) is 37.3 Å². The highest BCUT2D eigenvalue weighted by atomic mass is 16.5. The lowest BCUT2D eigenvalue weighted by Gasteiger charge is -2.09. The summed E-state index contributed by atoms with van der Waals surface area (Å²) in [6.07, 6.45) is 0.987. The molecule has 0 aromatic heterocycles. The summed E-state index contributed by atoms with van der Waals surface area (Å²) < 4.78 is 10.4. The average Bonchev–Trinajstić information content (AvgIpc) is 2.62. The Bertz CT molecular complexity index is 755. The van der Waals surface area contributed by atoms with Crippen LogP contribution in [0.25, 0.3) is 0 Å². The van der Waals surface area contributed by atoms with E-state index in [4.69, 9.17) is 14.6 Å². The molecule has 0 saturated heterocycles. The van der Waals surface area contributed by atoms with Crippen molar-refractivity contribution >= 4 is 11.9 Å². The second-order valence-corrected chi connectivity index (χ2v) is 5.91. The molecule has 26 heavy (non-hydrogen) atoms. The number of aryl methyl sites for hydroxylation is 1. The lowest BCUT2D eigenvalue weighted by molar-refractivity contribution is -0.139. The number of amides is 1. The Morgan fingerprint density at radius 1 is 1.08 bits per heavy atom. The molecule has 0 fully saturated rings. The Balaban J connectivity index is 1.76. The van der Waals surface area contributed by atoms with Crippen molar-refractivity contribution in [3.63, 3.8) is 0 Å². The molecule has 0 atom stereocenters. The van der Waals surface area contributed by atoms with Gasteiger partial charge in [0.05, 0.1) is 13.5 Å². The van der Waals surface area contributed by atoms with Crippen LogP contribution in [-0.2, 0) is 22.4 Å². The molecule has 0 unspecified atom stereocenters. The first-order valence-corrected chi connectivity index (χ1v) is 8.31. The average molecular weight is 357 g/mol. The summed E-state index contributed by atoms with van der Waals surface area (Å²) in [5.41, 5.74) is 2.97. The van der Waals surface area contributed by atoms with Crippen LogP contribution < -0.4 is 14.8 Å². The molecule has 2 aromatic rings. The van der Waals surface area contributed by atoms with E-state index in [-0.39, 0.29) is 12.5 Å². The van der Waals surface area contributed by atoms with Crippen molar-refractivity contribution < 1.29 is 24.2 Å². The Labute approximate surface area is 152 Å². The van der Waals surface area contributed by atoms with Crippen LogP contribution in [0.2, 0.25) is 0 Å². The molecular weight excluding hydrogens is 334 g/mol. The highest BCUT2D eigenvalue weighted by Crippen LogP contribution is 2.19. The third-order valence-corrected chi connectivity index (χ3v) is 3.86. The molecule has 0 aliphatic heterocycles. The molecule has 0 aliphatic rings. The number of rotatable bonds is 9. The van der Waals surface area contributed by atoms with Crippen molar-refractivity contribution in [3.8, 4) is 11.5 Å². The zero-order chi connectivity index (χ0) is 18.9. The number of nitrogens with one attached hydrogen (secondary N) is 1. The van der Waals surface area contributed by atoms with Gasteiger partial charge in [-0.3, -0.25) is 4.79 Å². The predicted octanol–water partition coefficient (Wildman–Crippen LogP) is 2.37. The molecule has 0 heterocycles. The maximum atomic E-state index is 12.1. The summed E-state index contributed by atoms with van der Waals surface area (Å²) in [7, 11) is 1.62. The van der Waals surface area contributed by atoms with Crippen molar-refractivity contribution in [2.75, 3.05) is 20.3 Å². The van der Waals surface area contributed by atoms with E-state index < -0.39 is 5.97 Å². The minimum Gasteiger partial charge on any atom is -0.496 e. The van der Waals surface area contributed by atoms with Crippen molar-refractivity contribution in [1.29, 1.82) is 0 Å². The van der Waals surface area contributed by atoms with E-state index in [0.29, 0.717) is 25.1 Å². The summed E-state index contributed by atoms with van der Waals surface area (Å²) in [4.78, 5) is 22.5. The third kappa shape index (κ3) is 6.12. The lowest BCUT2D eigenvalue weighted by atomic mass is 10.1. The van der Waals surface area contributed by atoms with Crippen LogP contribution in [0.1, 0.15) is 16.7 Å². The number of methoxy groups -OCH3 is 1. The van der Waals surface area contributed by atoms with Gasteiger partial charge in [-0.15, -0.1) is 0 Å². The maximum absolute atomic E-state index is 12.1. The fraction of sp³-hybridized carbons (Fsp3) is 0.300. The van der Waals surface area contributed by atoms with E-state index >= 15 is 0 Å². The van der Waals surface area contributed by atoms with E-state index in [1.165, 1.54) is 0 Å². The summed E-state index contributed by atoms with van der Waals surface area (Å²) in [5, 5.41) is 11.5. The van der Waals surface area contributed by atoms with Gasteiger partial charge in [0, 0.05) is 6.54 Å². The molecule has 2 aromatic carbocycles. The quantitative estimate of drug-likeness (QED) is 0.720. The number of hydrogen-bond acceptors (Lipinski definition) is 4. The number of aliphatic carboxylic acids is 1. The Morgan fingerprint density at radius 3 is 2.42 bits per heavy atom. The molecule has 0 saturated carbocycles. The van der Waals surface area contributed by atoms with E-state index in [2.05, 4.69) is 5.32 Å². The molecule has 0 spiro atoms. The van der Waals surface area contributed by atoms with Crippen molar-refractivity contribution in [3.05, 3.63) is 59.2 Å². The number of carboxylic acid groups (broad SMARTS) is 1. The van der Waals surface area contributed by atoms with Gasteiger partial charge in [0.1, 0.15) is 11.5 Å². The van der Waals surface area contributed by atoms with Crippen LogP contribution in [-0.4, -0.2) is 37.2 Å². The second kappa shape index (κ2) is 9.46. The standard InChI is InChI=1S/C20H23NO5/c1-14-3-4-16(11-18(14)25-2)12-19(22)21-10-9-15-5-7-17(8-6-15)26-13-20(23)24/h3-8,11H,9-10,12-13H2,1-2H3,(H,21,22)(H,23,24). The number of carbonyl (C=O) groups is 2. The van der Waals surface area contributed by atoms with Gasteiger partial charge in [-0.1, -0.05) is 24.3 Å². The van der Waals surface area contributed by atoms with Gasteiger partial charge in [0.25, 0.3) is 0 Å². The van der Waals surface area contributed by atoms with Crippen LogP contribution in [0.4, 0.5) is 0 Å². The molecule has 6 heteroatoms. The number of hydrogen-bond donors (Lipinski definition) is 2. The normalized spacial score (nSPS) is 10.2. The molecule has 1 amide bonds. The van der Waals surface area contributed by atoms with Gasteiger partial charge < -0.3 is 19.9 Å². The topological polar surface area (TPSA) is 84.9 Å². The Hall–Kier alpha value is -3.02. The highest BCUT2D eigenvalue weighted by Gasteiger charge is 2.06. The molecule has 2 N–H and O–H groups in total. The van der Waals surface area contributed by atoms with Gasteiger partial charge in [0.15, 0.2) is 6.61 Å². The summed E-state index contributed by atoms with van der Waals surface area (Å²) >= 11 is 0. The fourth-order valence-corrected chi connectivity index (χ4v) is 2.47. The third-order valence-electron chi connectivity index (χ3n) is 3.86. The Kier molecular flexibility index (Phi) is 7.02. The van der Waals surface area contributed by atoms with E-state index in [1.54, 1.807) is 19.2 Å². The molecule has 138 valence electrons. The lowest BCUT2D eigenvalue weighted by Crippen LogP contribution is -2.27. The van der Waals surface area contributed by atoms with Gasteiger partial charge in [0.2, 0.25) is 5.91 Å². The van der Waals surface area contributed by atoms with Crippen LogP contribution in [0.5, 0.6) is 11.5 Å². The summed E-state index contributed by atoms with van der Waals surface area (Å²) in [5.74, 6) is 0.231. The minimum atomic E-state index is -1.01. The largest absolute Gasteiger partial charge is 0.496 e. The highest BCUT2D eigenvalue weighted by molar-refractivity contribution is 5.78. The maximum Gasteiger partial charge on any atom is 0.341 e. The van der Waals surface area contributed by atoms with Gasteiger partial charge in [-0.2, -0.15) is 0 Å². The number of carbonyl (C=O) groups excluding carboxylic acids is 1. The molecule has 2 rings (SSSR count). The predicted molar refractivity (Wildman–Crippen MR) is 97.7 cm³/mol. The van der Waals surface area contributed by atoms with Gasteiger partial charge in [-0.05, 0) is 48.2 Å². The van der Waals surface area contributed by atoms with Crippen LogP contribution in [0.3, 0.4) is 0 Å². The molecule has 0 radical (unpaired) electrons. The first-order chi connectivity index (χ1) is 12.5. The Morgan fingerprint density at radius 2 is 1.77 bits per heavy atom. The second-order valence-electron chi connectivity index (χ2n) is 5.91. The summed E-state index contributed by atoms with van der Waals surface area (Å²) in [6, 6.07) is 12.9. The van der Waals surface area contributed by atoms with E-state index in [9.17, 15) is 9.59 Å². The minimum absolute atomic E-state index is 0.0442. The number of ether oxygens (including phenoxy) is 2. The van der Waals surface area contributed by atoms with E-state index in [0.717, 1.165) is 22.4 Å². The van der Waals surface area contributed by atoms with Crippen molar-refractivity contribution in [2.45, 2.75) is 19.8 Å². The van der Waals surface area contributed by atoms with Gasteiger partial charge >= 0.3 is 5.97 Å². The first-order valence-electron chi connectivity index (χ1n) is 8.31. The van der Waals surface area contributed by atoms with Crippen molar-refractivity contribution in [2.24, 2.45) is 0 Å². The molecule has 0 aliphatic carbocycles. The zero-order valence-electron chi connectivity index (χ0n) is 15.0. The molecule has 0 bridgehead atoms. The van der Waals surface area contributed by atoms with Gasteiger partial charge in [-0.25, -0.2) is 4.79 Å². The van der Waals surface area contributed by atoms with Crippen LogP contribution >= 0.6 is 0 Å². The van der Waals surface area contributed by atoms with Crippen molar-refractivity contribution in [1.82, 2.24) is 5.32 Å².